The average molecular weight is 258 g/mol. The lowest BCUT2D eigenvalue weighted by Crippen LogP contribution is -2.46. The minimum Gasteiger partial charge on any atom is -0.378 e. The maximum absolute atomic E-state index is 9.61. The quantitative estimate of drug-likeness (QED) is 0.896. The van der Waals surface area contributed by atoms with Crippen molar-refractivity contribution in [1.82, 2.24) is 0 Å². The molecule has 0 radical (unpaired) electrons. The van der Waals surface area contributed by atoms with Crippen LogP contribution < -0.4 is 5.32 Å². The van der Waals surface area contributed by atoms with E-state index in [1.165, 1.54) is 5.56 Å². The number of benzene rings is 1. The molecule has 2 atom stereocenters. The number of aryl methyl sites for hydroxylation is 1. The number of hydrogen-bond donors (Lipinski definition) is 1. The van der Waals surface area contributed by atoms with Crippen LogP contribution in [0.25, 0.3) is 0 Å². The fourth-order valence-corrected chi connectivity index (χ4v) is 2.67. The van der Waals surface area contributed by atoms with E-state index in [0.717, 1.165) is 31.4 Å². The van der Waals surface area contributed by atoms with Gasteiger partial charge >= 0.3 is 0 Å². The molecule has 0 amide bonds. The molecule has 0 aromatic heterocycles. The maximum atomic E-state index is 9.61. The van der Waals surface area contributed by atoms with Crippen molar-refractivity contribution in [3.05, 3.63) is 29.8 Å². The summed E-state index contributed by atoms with van der Waals surface area (Å²) < 4.78 is 5.75. The van der Waals surface area contributed by atoms with Gasteiger partial charge in [0.15, 0.2) is 0 Å². The Balaban J connectivity index is 2.15. The van der Waals surface area contributed by atoms with Crippen LogP contribution in [0.1, 0.15) is 38.2 Å². The van der Waals surface area contributed by atoms with E-state index in [1.807, 2.05) is 18.2 Å². The Kier molecular flexibility index (Phi) is 4.44. The van der Waals surface area contributed by atoms with Gasteiger partial charge in [-0.25, -0.2) is 0 Å². The van der Waals surface area contributed by atoms with E-state index in [-0.39, 0.29) is 6.10 Å². The summed E-state index contributed by atoms with van der Waals surface area (Å²) in [4.78, 5) is 0. The van der Waals surface area contributed by atoms with Gasteiger partial charge in [0.05, 0.1) is 18.8 Å². The summed E-state index contributed by atoms with van der Waals surface area (Å²) in [7, 11) is 0. The van der Waals surface area contributed by atoms with Gasteiger partial charge in [0, 0.05) is 18.5 Å². The van der Waals surface area contributed by atoms with Crippen LogP contribution >= 0.6 is 0 Å². The summed E-state index contributed by atoms with van der Waals surface area (Å²) >= 11 is 0. The summed E-state index contributed by atoms with van der Waals surface area (Å²) in [5.74, 6) is 0. The van der Waals surface area contributed by atoms with Gasteiger partial charge < -0.3 is 10.1 Å². The largest absolute Gasteiger partial charge is 0.378 e. The molecule has 3 nitrogen and oxygen atoms in total. The van der Waals surface area contributed by atoms with E-state index in [9.17, 15) is 5.26 Å². The van der Waals surface area contributed by atoms with Crippen LogP contribution in [-0.4, -0.2) is 18.2 Å². The van der Waals surface area contributed by atoms with Crippen molar-refractivity contribution < 1.29 is 4.74 Å². The lowest BCUT2D eigenvalue weighted by Gasteiger charge is -2.37. The van der Waals surface area contributed by atoms with Gasteiger partial charge in [0.2, 0.25) is 0 Å². The van der Waals surface area contributed by atoms with Gasteiger partial charge in [-0.2, -0.15) is 5.26 Å². The summed E-state index contributed by atoms with van der Waals surface area (Å²) in [5.41, 5.74) is 1.75. The first-order valence-electron chi connectivity index (χ1n) is 7.06. The summed E-state index contributed by atoms with van der Waals surface area (Å²) in [6.07, 6.45) is 3.84. The van der Waals surface area contributed by atoms with E-state index in [1.54, 1.807) is 0 Å². The Bertz CT molecular complexity index is 464. The zero-order valence-electron chi connectivity index (χ0n) is 11.8. The minimum atomic E-state index is -0.482. The molecule has 102 valence electrons. The molecule has 0 saturated carbocycles. The molecular weight excluding hydrogens is 236 g/mol. The van der Waals surface area contributed by atoms with Gasteiger partial charge in [-0.1, -0.05) is 31.5 Å². The zero-order valence-corrected chi connectivity index (χ0v) is 11.8. The fraction of sp³-hybridized carbons (Fsp3) is 0.562. The highest BCUT2D eigenvalue weighted by atomic mass is 16.5. The third-order valence-corrected chi connectivity index (χ3v) is 3.80. The van der Waals surface area contributed by atoms with Crippen LogP contribution in [-0.2, 0) is 4.74 Å². The number of nitrogens with zero attached hydrogens (tertiary/aromatic N) is 1. The summed E-state index contributed by atoms with van der Waals surface area (Å²) in [5, 5.41) is 13.1. The van der Waals surface area contributed by atoms with Crippen LogP contribution in [0.4, 0.5) is 5.69 Å². The second kappa shape index (κ2) is 6.08. The molecule has 1 aliphatic rings. The normalized spacial score (nSPS) is 26.7. The van der Waals surface area contributed by atoms with Crippen molar-refractivity contribution in [3.8, 4) is 6.07 Å². The van der Waals surface area contributed by atoms with Crippen molar-refractivity contribution >= 4 is 5.69 Å². The van der Waals surface area contributed by atoms with Crippen molar-refractivity contribution in [2.75, 3.05) is 11.9 Å². The number of ether oxygens (including phenoxy) is 1. The molecule has 0 aliphatic carbocycles. The third-order valence-electron chi connectivity index (χ3n) is 3.80. The maximum Gasteiger partial charge on any atom is 0.130 e. The first kappa shape index (κ1) is 13.9. The molecule has 1 heterocycles. The lowest BCUT2D eigenvalue weighted by molar-refractivity contribution is -0.00615. The molecule has 1 saturated heterocycles. The topological polar surface area (TPSA) is 45.0 Å². The van der Waals surface area contributed by atoms with Crippen LogP contribution in [0.2, 0.25) is 0 Å². The number of para-hydroxylation sites is 1. The highest BCUT2D eigenvalue weighted by Crippen LogP contribution is 2.31. The van der Waals surface area contributed by atoms with E-state index in [4.69, 9.17) is 4.74 Å². The average Bonchev–Trinajstić information content (AvgIpc) is 2.42. The van der Waals surface area contributed by atoms with Gasteiger partial charge in [-0.3, -0.25) is 0 Å². The van der Waals surface area contributed by atoms with Gasteiger partial charge in [-0.15, -0.1) is 0 Å². The Hall–Kier alpha value is -1.53. The molecule has 1 aliphatic heterocycles. The fourth-order valence-electron chi connectivity index (χ4n) is 2.67. The number of rotatable bonds is 4. The molecule has 1 N–H and O–H groups in total. The predicted octanol–water partition coefficient (Wildman–Crippen LogP) is 3.65. The zero-order chi connectivity index (χ0) is 13.7. The Morgan fingerprint density at radius 3 is 2.95 bits per heavy atom. The van der Waals surface area contributed by atoms with Crippen molar-refractivity contribution in [2.45, 2.75) is 51.2 Å². The SMILES string of the molecule is CCCC1CC(C#N)(Nc2ccccc2C)CCO1. The number of anilines is 1. The van der Waals surface area contributed by atoms with Crippen LogP contribution in [0.5, 0.6) is 0 Å². The van der Waals surface area contributed by atoms with E-state index >= 15 is 0 Å². The van der Waals surface area contributed by atoms with Crippen LogP contribution in [0.15, 0.2) is 24.3 Å². The van der Waals surface area contributed by atoms with E-state index in [2.05, 4.69) is 31.3 Å². The highest BCUT2D eigenvalue weighted by molar-refractivity contribution is 5.53. The number of hydrogen-bond acceptors (Lipinski definition) is 3. The van der Waals surface area contributed by atoms with Crippen molar-refractivity contribution in [3.63, 3.8) is 0 Å². The summed E-state index contributed by atoms with van der Waals surface area (Å²) in [6.45, 7) is 4.88. The molecule has 1 aromatic carbocycles. The monoisotopic (exact) mass is 258 g/mol. The third kappa shape index (κ3) is 3.27. The smallest absolute Gasteiger partial charge is 0.130 e. The number of nitriles is 1. The van der Waals surface area contributed by atoms with Crippen molar-refractivity contribution in [2.24, 2.45) is 0 Å². The Labute approximate surface area is 115 Å². The van der Waals surface area contributed by atoms with Crippen LogP contribution in [0.3, 0.4) is 0 Å². The van der Waals surface area contributed by atoms with E-state index < -0.39 is 5.54 Å². The first-order valence-corrected chi connectivity index (χ1v) is 7.06. The second-order valence-corrected chi connectivity index (χ2v) is 5.37. The van der Waals surface area contributed by atoms with Crippen LogP contribution in [0, 0.1) is 18.3 Å². The number of nitrogens with one attached hydrogen (secondary N) is 1. The molecule has 2 unspecified atom stereocenters. The molecule has 2 rings (SSSR count). The van der Waals surface area contributed by atoms with Gasteiger partial charge in [0.1, 0.15) is 5.54 Å². The molecule has 1 aromatic rings. The Morgan fingerprint density at radius 1 is 1.47 bits per heavy atom. The highest BCUT2D eigenvalue weighted by Gasteiger charge is 2.37. The molecule has 19 heavy (non-hydrogen) atoms. The van der Waals surface area contributed by atoms with Crippen molar-refractivity contribution in [1.29, 1.82) is 5.26 Å². The molecule has 0 bridgehead atoms. The molecule has 3 heteroatoms. The van der Waals surface area contributed by atoms with Gasteiger partial charge in [0.25, 0.3) is 0 Å². The minimum absolute atomic E-state index is 0.204. The lowest BCUT2D eigenvalue weighted by atomic mass is 9.86. The molecule has 0 spiro atoms. The predicted molar refractivity (Wildman–Crippen MR) is 77.0 cm³/mol. The molecular formula is C16H22N2O. The first-order chi connectivity index (χ1) is 9.19. The second-order valence-electron chi connectivity index (χ2n) is 5.37. The van der Waals surface area contributed by atoms with Gasteiger partial charge in [-0.05, 0) is 25.0 Å². The standard InChI is InChI=1S/C16H22N2O/c1-3-6-14-11-16(12-17,9-10-19-14)18-15-8-5-4-7-13(15)2/h4-5,7-8,14,18H,3,6,9-11H2,1-2H3. The summed E-state index contributed by atoms with van der Waals surface area (Å²) in [6, 6.07) is 10.6. The Morgan fingerprint density at radius 2 is 2.26 bits per heavy atom. The molecule has 1 fully saturated rings. The van der Waals surface area contributed by atoms with E-state index in [0.29, 0.717) is 6.61 Å².